The van der Waals surface area contributed by atoms with Gasteiger partial charge >= 0.3 is 5.97 Å². The zero-order valence-corrected chi connectivity index (χ0v) is 9.02. The van der Waals surface area contributed by atoms with Crippen LogP contribution in [0.1, 0.15) is 10.5 Å². The van der Waals surface area contributed by atoms with Crippen LogP contribution in [-0.2, 0) is 0 Å². The minimum absolute atomic E-state index is 0.0646. The predicted octanol–water partition coefficient (Wildman–Crippen LogP) is 3.25. The molecule has 0 aliphatic carbocycles. The van der Waals surface area contributed by atoms with Crippen molar-refractivity contribution >= 4 is 40.7 Å². The smallest absolute Gasteiger partial charge is 0.352 e. The SMILES string of the molecule is O=C(O)c1cc(=S)c2c(Cl)cccc2[nH]1. The summed E-state index contributed by atoms with van der Waals surface area (Å²) in [5.74, 6) is -1.04. The molecule has 0 atom stereocenters. The molecule has 0 unspecified atom stereocenters. The molecule has 76 valence electrons. The van der Waals surface area contributed by atoms with Gasteiger partial charge in [-0.1, -0.05) is 29.9 Å². The monoisotopic (exact) mass is 239 g/mol. The topological polar surface area (TPSA) is 53.1 Å². The molecule has 0 saturated carbocycles. The molecule has 2 aromatic rings. The zero-order valence-electron chi connectivity index (χ0n) is 7.45. The molecule has 0 amide bonds. The molecule has 1 heterocycles. The molecule has 2 N–H and O–H groups in total. The third kappa shape index (κ3) is 1.73. The molecule has 0 aliphatic heterocycles. The van der Waals surface area contributed by atoms with E-state index in [2.05, 4.69) is 4.98 Å². The Bertz CT molecular complexity index is 606. The quantitative estimate of drug-likeness (QED) is 0.751. The van der Waals surface area contributed by atoms with Crippen LogP contribution in [0.15, 0.2) is 24.3 Å². The summed E-state index contributed by atoms with van der Waals surface area (Å²) in [6, 6.07) is 6.59. The molecule has 0 fully saturated rings. The first-order valence-corrected chi connectivity index (χ1v) is 4.93. The highest BCUT2D eigenvalue weighted by atomic mass is 35.5. The number of aromatic amines is 1. The number of fused-ring (bicyclic) bond motifs is 1. The number of pyridine rings is 1. The molecule has 0 aliphatic rings. The lowest BCUT2D eigenvalue weighted by molar-refractivity contribution is 0.0691. The number of nitrogens with one attached hydrogen (secondary N) is 1. The third-order valence-corrected chi connectivity index (χ3v) is 2.67. The number of carboxylic acids is 1. The summed E-state index contributed by atoms with van der Waals surface area (Å²) < 4.78 is 0.437. The van der Waals surface area contributed by atoms with E-state index in [9.17, 15) is 4.79 Å². The maximum Gasteiger partial charge on any atom is 0.352 e. The summed E-state index contributed by atoms with van der Waals surface area (Å²) in [5.41, 5.74) is 0.696. The fourth-order valence-corrected chi connectivity index (χ4v) is 2.05. The van der Waals surface area contributed by atoms with Gasteiger partial charge in [-0.2, -0.15) is 0 Å². The first-order chi connectivity index (χ1) is 7.09. The van der Waals surface area contributed by atoms with Crippen LogP contribution in [0.5, 0.6) is 0 Å². The molecule has 15 heavy (non-hydrogen) atoms. The largest absolute Gasteiger partial charge is 0.477 e. The molecule has 0 radical (unpaired) electrons. The molecular weight excluding hydrogens is 234 g/mol. The maximum absolute atomic E-state index is 10.8. The highest BCUT2D eigenvalue weighted by Gasteiger charge is 2.07. The van der Waals surface area contributed by atoms with E-state index in [-0.39, 0.29) is 5.69 Å². The van der Waals surface area contributed by atoms with Crippen molar-refractivity contribution in [1.82, 2.24) is 4.98 Å². The van der Waals surface area contributed by atoms with Crippen molar-refractivity contribution < 1.29 is 9.90 Å². The van der Waals surface area contributed by atoms with Gasteiger partial charge in [0.25, 0.3) is 0 Å². The molecule has 3 nitrogen and oxygen atoms in total. The number of hydrogen-bond donors (Lipinski definition) is 2. The van der Waals surface area contributed by atoms with E-state index in [0.29, 0.717) is 20.4 Å². The van der Waals surface area contributed by atoms with E-state index in [1.807, 2.05) is 0 Å². The molecule has 1 aromatic heterocycles. The van der Waals surface area contributed by atoms with Gasteiger partial charge in [-0.15, -0.1) is 0 Å². The Kier molecular flexibility index (Phi) is 2.46. The normalized spacial score (nSPS) is 10.5. The average Bonchev–Trinajstić information content (AvgIpc) is 2.17. The summed E-state index contributed by atoms with van der Waals surface area (Å²) in [6.07, 6.45) is 0. The summed E-state index contributed by atoms with van der Waals surface area (Å²) in [5, 5.41) is 10.0. The lowest BCUT2D eigenvalue weighted by Crippen LogP contribution is -2.00. The second kappa shape index (κ2) is 3.64. The number of aromatic nitrogens is 1. The number of H-pyrrole nitrogens is 1. The number of hydrogen-bond acceptors (Lipinski definition) is 2. The van der Waals surface area contributed by atoms with Gasteiger partial charge in [-0.3, -0.25) is 0 Å². The Labute approximate surface area is 95.3 Å². The number of halogens is 1. The van der Waals surface area contributed by atoms with Crippen LogP contribution in [0.4, 0.5) is 0 Å². The Hall–Kier alpha value is -1.39. The Morgan fingerprint density at radius 1 is 1.47 bits per heavy atom. The van der Waals surface area contributed by atoms with Gasteiger partial charge in [0.1, 0.15) is 5.69 Å². The van der Waals surface area contributed by atoms with Crippen molar-refractivity contribution in [3.63, 3.8) is 0 Å². The van der Waals surface area contributed by atoms with E-state index in [0.717, 1.165) is 0 Å². The van der Waals surface area contributed by atoms with Gasteiger partial charge in [-0.05, 0) is 18.2 Å². The van der Waals surface area contributed by atoms with Gasteiger partial charge in [0.15, 0.2) is 0 Å². The van der Waals surface area contributed by atoms with E-state index >= 15 is 0 Å². The summed E-state index contributed by atoms with van der Waals surface area (Å²) >= 11 is 11.0. The first kappa shape index (κ1) is 10.1. The van der Waals surface area contributed by atoms with Gasteiger partial charge in [0, 0.05) is 10.9 Å². The van der Waals surface area contributed by atoms with Crippen molar-refractivity contribution in [2.75, 3.05) is 0 Å². The van der Waals surface area contributed by atoms with Crippen LogP contribution in [0, 0.1) is 4.51 Å². The van der Waals surface area contributed by atoms with Crippen LogP contribution < -0.4 is 0 Å². The van der Waals surface area contributed by atoms with Crippen molar-refractivity contribution in [3.05, 3.63) is 39.5 Å². The van der Waals surface area contributed by atoms with Crippen LogP contribution in [-0.4, -0.2) is 16.1 Å². The van der Waals surface area contributed by atoms with Gasteiger partial charge in [-0.25, -0.2) is 4.79 Å². The molecule has 1 aromatic carbocycles. The standard InChI is InChI=1S/C10H6ClNO2S/c11-5-2-1-3-6-9(5)8(15)4-7(12-6)10(13)14/h1-4H,(H,12,15)(H,13,14). The van der Waals surface area contributed by atoms with Gasteiger partial charge < -0.3 is 10.1 Å². The second-order valence-corrected chi connectivity index (χ2v) is 3.86. The van der Waals surface area contributed by atoms with Crippen LogP contribution in [0.25, 0.3) is 10.9 Å². The van der Waals surface area contributed by atoms with Crippen molar-refractivity contribution in [1.29, 1.82) is 0 Å². The van der Waals surface area contributed by atoms with Gasteiger partial charge in [0.05, 0.1) is 9.53 Å². The first-order valence-electron chi connectivity index (χ1n) is 4.14. The van der Waals surface area contributed by atoms with Crippen LogP contribution in [0.3, 0.4) is 0 Å². The second-order valence-electron chi connectivity index (χ2n) is 3.01. The summed E-state index contributed by atoms with van der Waals surface area (Å²) in [6.45, 7) is 0. The molecule has 2 rings (SSSR count). The van der Waals surface area contributed by atoms with E-state index < -0.39 is 5.97 Å². The highest BCUT2D eigenvalue weighted by Crippen LogP contribution is 2.23. The number of carboxylic acid groups (broad SMARTS) is 1. The van der Waals surface area contributed by atoms with Crippen LogP contribution >= 0.6 is 23.8 Å². The highest BCUT2D eigenvalue weighted by molar-refractivity contribution is 7.71. The minimum Gasteiger partial charge on any atom is -0.477 e. The molecule has 5 heteroatoms. The minimum atomic E-state index is -1.04. The van der Waals surface area contributed by atoms with Gasteiger partial charge in [0.2, 0.25) is 0 Å². The Morgan fingerprint density at radius 2 is 2.20 bits per heavy atom. The lowest BCUT2D eigenvalue weighted by atomic mass is 10.2. The number of aromatic carboxylic acids is 1. The molecule has 0 spiro atoms. The summed E-state index contributed by atoms with van der Waals surface area (Å²) in [7, 11) is 0. The Morgan fingerprint density at radius 3 is 2.87 bits per heavy atom. The van der Waals surface area contributed by atoms with Crippen molar-refractivity contribution in [3.8, 4) is 0 Å². The Balaban J connectivity index is 2.91. The molecule has 0 saturated heterocycles. The van der Waals surface area contributed by atoms with Crippen molar-refractivity contribution in [2.45, 2.75) is 0 Å². The fraction of sp³-hybridized carbons (Fsp3) is 0. The van der Waals surface area contributed by atoms with E-state index in [4.69, 9.17) is 28.9 Å². The number of carbonyl (C=O) groups is 1. The molecular formula is C10H6ClNO2S. The zero-order chi connectivity index (χ0) is 11.0. The third-order valence-electron chi connectivity index (χ3n) is 2.04. The summed E-state index contributed by atoms with van der Waals surface area (Å²) in [4.78, 5) is 13.5. The van der Waals surface area contributed by atoms with E-state index in [1.54, 1.807) is 18.2 Å². The van der Waals surface area contributed by atoms with Crippen LogP contribution in [0.2, 0.25) is 5.02 Å². The number of rotatable bonds is 1. The maximum atomic E-state index is 10.8. The van der Waals surface area contributed by atoms with Crippen molar-refractivity contribution in [2.24, 2.45) is 0 Å². The fourth-order valence-electron chi connectivity index (χ4n) is 1.38. The molecule has 0 bridgehead atoms. The number of benzene rings is 1. The van der Waals surface area contributed by atoms with E-state index in [1.165, 1.54) is 6.07 Å². The lowest BCUT2D eigenvalue weighted by Gasteiger charge is -2.02. The average molecular weight is 240 g/mol. The predicted molar refractivity (Wildman–Crippen MR) is 61.1 cm³/mol.